The van der Waals surface area contributed by atoms with Crippen molar-refractivity contribution in [3.05, 3.63) is 23.8 Å². The fourth-order valence-electron chi connectivity index (χ4n) is 1.31. The fraction of sp³-hybridized carbons (Fsp3) is 0.400. The van der Waals surface area contributed by atoms with Gasteiger partial charge in [0.15, 0.2) is 0 Å². The average Bonchev–Trinajstić information content (AvgIpc) is 2.25. The molecule has 5 heteroatoms. The van der Waals surface area contributed by atoms with Crippen LogP contribution in [0.5, 0.6) is 11.5 Å². The molecule has 0 unspecified atom stereocenters. The maximum absolute atomic E-state index is 8.76. The van der Waals surface area contributed by atoms with Crippen LogP contribution in [0.4, 0.5) is 0 Å². The normalized spacial score (nSPS) is 9.87. The molecule has 0 atom stereocenters. The topological polar surface area (TPSA) is 58.9 Å². The lowest BCUT2D eigenvalue weighted by Gasteiger charge is -2.08. The smallest absolute Gasteiger partial charge is 0.451 e. The first kappa shape index (κ1) is 11.9. The van der Waals surface area contributed by atoms with Crippen molar-refractivity contribution < 1.29 is 19.5 Å². The van der Waals surface area contributed by atoms with E-state index in [1.807, 2.05) is 12.1 Å². The molecule has 0 spiro atoms. The number of hydrogen-bond acceptors (Lipinski definition) is 4. The minimum atomic E-state index is -1.28. The Bertz CT molecular complexity index is 292. The average molecular weight is 210 g/mol. The van der Waals surface area contributed by atoms with Gasteiger partial charge in [-0.15, -0.1) is 0 Å². The molecule has 0 radical (unpaired) electrons. The van der Waals surface area contributed by atoms with Gasteiger partial charge in [-0.3, -0.25) is 0 Å². The summed E-state index contributed by atoms with van der Waals surface area (Å²) >= 11 is 0. The monoisotopic (exact) mass is 210 g/mol. The molecule has 0 bridgehead atoms. The van der Waals surface area contributed by atoms with Gasteiger partial charge in [0.05, 0.1) is 14.2 Å². The van der Waals surface area contributed by atoms with Gasteiger partial charge in [-0.05, 0) is 30.4 Å². The van der Waals surface area contributed by atoms with Crippen molar-refractivity contribution in [2.24, 2.45) is 0 Å². The lowest BCUT2D eigenvalue weighted by Crippen LogP contribution is -2.11. The summed E-state index contributed by atoms with van der Waals surface area (Å²) in [7, 11) is 1.89. The summed E-state index contributed by atoms with van der Waals surface area (Å²) in [6.45, 7) is 0. The highest BCUT2D eigenvalue weighted by atomic mass is 16.5. The van der Waals surface area contributed by atoms with Gasteiger partial charge in [-0.1, -0.05) is 0 Å². The summed E-state index contributed by atoms with van der Waals surface area (Å²) in [4.78, 5) is 0. The van der Waals surface area contributed by atoms with Crippen LogP contribution in [0.2, 0.25) is 6.32 Å². The number of aryl methyl sites for hydroxylation is 1. The van der Waals surface area contributed by atoms with Gasteiger partial charge in [0.25, 0.3) is 0 Å². The van der Waals surface area contributed by atoms with Crippen LogP contribution in [0.15, 0.2) is 18.2 Å². The Balaban J connectivity index is 2.77. The van der Waals surface area contributed by atoms with E-state index in [1.165, 1.54) is 0 Å². The molecule has 0 aliphatic carbocycles. The summed E-state index contributed by atoms with van der Waals surface area (Å²) in [6, 6.07) is 5.48. The predicted octanol–water partition coefficient (Wildman–Crippen LogP) is 0.719. The second kappa shape index (κ2) is 5.63. The number of methoxy groups -OCH3 is 2. The molecule has 1 aromatic rings. The van der Waals surface area contributed by atoms with Crippen LogP contribution in [0.1, 0.15) is 5.56 Å². The second-order valence-electron chi connectivity index (χ2n) is 3.24. The number of rotatable bonds is 5. The van der Waals surface area contributed by atoms with Gasteiger partial charge in [-0.2, -0.15) is 0 Å². The van der Waals surface area contributed by atoms with E-state index in [2.05, 4.69) is 0 Å². The molecule has 0 heterocycles. The van der Waals surface area contributed by atoms with Gasteiger partial charge in [-0.25, -0.2) is 0 Å². The Morgan fingerprint density at radius 3 is 2.00 bits per heavy atom. The molecule has 0 saturated carbocycles. The van der Waals surface area contributed by atoms with Crippen LogP contribution in [-0.2, 0) is 6.42 Å². The van der Waals surface area contributed by atoms with Crippen molar-refractivity contribution in [2.75, 3.05) is 14.2 Å². The zero-order valence-electron chi connectivity index (χ0n) is 8.93. The quantitative estimate of drug-likeness (QED) is 0.703. The van der Waals surface area contributed by atoms with E-state index in [0.29, 0.717) is 24.2 Å². The second-order valence-corrected chi connectivity index (χ2v) is 3.24. The standard InChI is InChI=1S/C10H15BO4/c1-14-9-5-8(3-4-11(12)13)6-10(7-9)15-2/h5-7,12-13H,3-4H2,1-2H3. The summed E-state index contributed by atoms with van der Waals surface area (Å²) in [5.41, 5.74) is 0.958. The van der Waals surface area contributed by atoms with E-state index in [4.69, 9.17) is 19.5 Å². The van der Waals surface area contributed by atoms with Crippen LogP contribution in [0.25, 0.3) is 0 Å². The Kier molecular flexibility index (Phi) is 4.46. The highest BCUT2D eigenvalue weighted by molar-refractivity contribution is 6.40. The Morgan fingerprint density at radius 1 is 1.07 bits per heavy atom. The minimum Gasteiger partial charge on any atom is -0.497 e. The van der Waals surface area contributed by atoms with Crippen LogP contribution in [-0.4, -0.2) is 31.4 Å². The van der Waals surface area contributed by atoms with Crippen molar-refractivity contribution in [2.45, 2.75) is 12.7 Å². The molecular formula is C10H15BO4. The third-order valence-corrected chi connectivity index (χ3v) is 2.10. The Hall–Kier alpha value is -1.20. The predicted molar refractivity (Wildman–Crippen MR) is 58.2 cm³/mol. The minimum absolute atomic E-state index is 0.302. The van der Waals surface area contributed by atoms with Crippen molar-refractivity contribution in [1.82, 2.24) is 0 Å². The lowest BCUT2D eigenvalue weighted by atomic mass is 9.83. The van der Waals surface area contributed by atoms with Crippen LogP contribution in [0, 0.1) is 0 Å². The van der Waals surface area contributed by atoms with Gasteiger partial charge >= 0.3 is 7.12 Å². The van der Waals surface area contributed by atoms with Gasteiger partial charge < -0.3 is 19.5 Å². The van der Waals surface area contributed by atoms with Crippen molar-refractivity contribution in [1.29, 1.82) is 0 Å². The zero-order valence-corrected chi connectivity index (χ0v) is 8.93. The third-order valence-electron chi connectivity index (χ3n) is 2.10. The van der Waals surface area contributed by atoms with Gasteiger partial charge in [0.1, 0.15) is 11.5 Å². The number of benzene rings is 1. The summed E-state index contributed by atoms with van der Waals surface area (Å²) in [5, 5.41) is 17.5. The fourth-order valence-corrected chi connectivity index (χ4v) is 1.31. The van der Waals surface area contributed by atoms with Crippen LogP contribution < -0.4 is 9.47 Å². The molecule has 4 nitrogen and oxygen atoms in total. The lowest BCUT2D eigenvalue weighted by molar-refractivity contribution is 0.392. The van der Waals surface area contributed by atoms with Crippen molar-refractivity contribution in [3.63, 3.8) is 0 Å². The third kappa shape index (κ3) is 3.81. The molecule has 0 aliphatic heterocycles. The molecule has 1 rings (SSSR count). The van der Waals surface area contributed by atoms with Crippen LogP contribution >= 0.6 is 0 Å². The molecular weight excluding hydrogens is 195 g/mol. The first-order chi connectivity index (χ1) is 7.15. The van der Waals surface area contributed by atoms with E-state index in [0.717, 1.165) is 5.56 Å². The summed E-state index contributed by atoms with van der Waals surface area (Å²) < 4.78 is 10.2. The Morgan fingerprint density at radius 2 is 1.60 bits per heavy atom. The molecule has 1 aromatic carbocycles. The molecule has 0 fully saturated rings. The summed E-state index contributed by atoms with van der Waals surface area (Å²) in [6.07, 6.45) is 0.877. The number of ether oxygens (including phenoxy) is 2. The first-order valence-corrected chi connectivity index (χ1v) is 4.73. The van der Waals surface area contributed by atoms with E-state index in [1.54, 1.807) is 20.3 Å². The molecule has 0 saturated heterocycles. The largest absolute Gasteiger partial charge is 0.497 e. The molecule has 0 aliphatic rings. The van der Waals surface area contributed by atoms with Crippen LogP contribution in [0.3, 0.4) is 0 Å². The molecule has 0 amide bonds. The van der Waals surface area contributed by atoms with E-state index in [9.17, 15) is 0 Å². The van der Waals surface area contributed by atoms with E-state index in [-0.39, 0.29) is 0 Å². The number of hydrogen-bond donors (Lipinski definition) is 2. The maximum Gasteiger partial charge on any atom is 0.451 e. The highest BCUT2D eigenvalue weighted by Crippen LogP contribution is 2.23. The van der Waals surface area contributed by atoms with Gasteiger partial charge in [0.2, 0.25) is 0 Å². The van der Waals surface area contributed by atoms with E-state index < -0.39 is 7.12 Å². The first-order valence-electron chi connectivity index (χ1n) is 4.73. The molecule has 82 valence electrons. The van der Waals surface area contributed by atoms with Gasteiger partial charge in [0, 0.05) is 6.07 Å². The highest BCUT2D eigenvalue weighted by Gasteiger charge is 2.08. The van der Waals surface area contributed by atoms with Crippen molar-refractivity contribution >= 4 is 7.12 Å². The SMILES string of the molecule is COc1cc(CCB(O)O)cc(OC)c1. The Labute approximate surface area is 89.6 Å². The maximum atomic E-state index is 8.76. The molecule has 0 aromatic heterocycles. The summed E-state index contributed by atoms with van der Waals surface area (Å²) in [5.74, 6) is 1.41. The molecule has 2 N–H and O–H groups in total. The van der Waals surface area contributed by atoms with Crippen molar-refractivity contribution in [3.8, 4) is 11.5 Å². The molecule has 15 heavy (non-hydrogen) atoms. The zero-order chi connectivity index (χ0) is 11.3. The van der Waals surface area contributed by atoms with E-state index >= 15 is 0 Å².